The van der Waals surface area contributed by atoms with Crippen LogP contribution >= 0.6 is 0 Å². The Morgan fingerprint density at radius 3 is 0.333 bits per heavy atom. The molecule has 0 radical (unpaired) electrons. The predicted octanol–water partition coefficient (Wildman–Crippen LogP) is -0.834. The quantitative estimate of drug-likeness (QED) is 0.138. The molecule has 60 heavy (non-hydrogen) atoms. The Kier molecular flexibility index (Phi) is 26.4. The average molecular weight is 881 g/mol. The van der Waals surface area contributed by atoms with E-state index in [1.807, 2.05) is 48.5 Å². The van der Waals surface area contributed by atoms with Gasteiger partial charge < -0.3 is 18.8 Å². The van der Waals surface area contributed by atoms with E-state index >= 15 is 0 Å². The SMILES string of the molecule is [F-].[F-].[F-].[F-].[SH2+]C(c1ccccc1)c1ccccc1.[SH2+]C(c1ccccc1)c1ccccc1.[SH2+]C(c1ccccc1)c1ccccc1.[SH2+]C(c1ccccc1)c1ccccc1. The molecule has 0 saturated carbocycles. The number of hydrogen-bond donors (Lipinski definition) is 0. The highest BCUT2D eigenvalue weighted by atomic mass is 32.1. The highest BCUT2D eigenvalue weighted by Crippen LogP contribution is 2.25. The first-order valence-corrected chi connectivity index (χ1v) is 21.1. The fourth-order valence-corrected chi connectivity index (χ4v) is 7.47. The fraction of sp³-hybridized carbons (Fsp3) is 0.0769. The normalized spacial score (nSPS) is 9.73. The number of benzene rings is 8. The molecule has 8 heteroatoms. The van der Waals surface area contributed by atoms with Gasteiger partial charge in [-0.2, -0.15) is 0 Å². The van der Waals surface area contributed by atoms with Crippen LogP contribution in [0.1, 0.15) is 65.5 Å². The molecule has 0 spiro atoms. The fourth-order valence-electron chi connectivity index (χ4n) is 5.93. The van der Waals surface area contributed by atoms with Gasteiger partial charge in [0.25, 0.3) is 0 Å². The smallest absolute Gasteiger partial charge is 0.163 e. The second-order valence-corrected chi connectivity index (χ2v) is 15.3. The highest BCUT2D eigenvalue weighted by molar-refractivity contribution is 7.59. The molecule has 0 atom stereocenters. The second kappa shape index (κ2) is 30.0. The molecular weight excluding hydrogens is 829 g/mol. The first-order valence-electron chi connectivity index (χ1n) is 18.7. The summed E-state index contributed by atoms with van der Waals surface area (Å²) in [6, 6.07) is 83.3. The molecule has 0 N–H and O–H groups in total. The second-order valence-electron chi connectivity index (χ2n) is 13.0. The molecule has 0 aliphatic carbocycles. The first kappa shape index (κ1) is 52.9. The molecule has 8 aromatic carbocycles. The van der Waals surface area contributed by atoms with E-state index in [-0.39, 0.29) is 39.8 Å². The third-order valence-electron chi connectivity index (χ3n) is 9.06. The highest BCUT2D eigenvalue weighted by Gasteiger charge is 2.15. The van der Waals surface area contributed by atoms with Gasteiger partial charge in [0, 0.05) is 44.5 Å². The Morgan fingerprint density at radius 1 is 0.167 bits per heavy atom. The van der Waals surface area contributed by atoms with E-state index in [2.05, 4.69) is 245 Å². The lowest BCUT2D eigenvalue weighted by Gasteiger charge is -2.05. The van der Waals surface area contributed by atoms with Gasteiger partial charge in [-0.05, 0) is 50.5 Å². The van der Waals surface area contributed by atoms with Crippen molar-refractivity contribution in [3.8, 4) is 0 Å². The number of hydrogen-bond acceptors (Lipinski definition) is 0. The van der Waals surface area contributed by atoms with E-state index in [4.69, 9.17) is 0 Å². The summed E-state index contributed by atoms with van der Waals surface area (Å²) in [6.07, 6.45) is 0. The standard InChI is InChI=1S/4C13H12S.4FH/c4*14-13(11-7-3-1-4-8-11)12-9-5-2-6-10-12;;;;/h4*1-10,13-14H;4*1H. The van der Waals surface area contributed by atoms with Crippen LogP contribution in [0.4, 0.5) is 0 Å². The minimum atomic E-state index is 0. The van der Waals surface area contributed by atoms with Gasteiger partial charge in [0.15, 0.2) is 21.0 Å². The summed E-state index contributed by atoms with van der Waals surface area (Å²) in [7, 11) is 0. The zero-order valence-corrected chi connectivity index (χ0v) is 36.9. The molecular formula is C52H52F4S4. The van der Waals surface area contributed by atoms with Gasteiger partial charge in [-0.1, -0.05) is 243 Å². The Hall–Kier alpha value is -5.12. The first-order chi connectivity index (χ1) is 27.5. The van der Waals surface area contributed by atoms with Crippen molar-refractivity contribution in [2.45, 2.75) is 21.0 Å². The van der Waals surface area contributed by atoms with Crippen LogP contribution in [0.3, 0.4) is 0 Å². The molecule has 0 saturated heterocycles. The zero-order chi connectivity index (χ0) is 39.2. The molecule has 0 bridgehead atoms. The van der Waals surface area contributed by atoms with E-state index in [1.165, 1.54) is 44.5 Å². The van der Waals surface area contributed by atoms with E-state index in [0.29, 0.717) is 0 Å². The van der Waals surface area contributed by atoms with Gasteiger partial charge in [0.2, 0.25) is 0 Å². The van der Waals surface area contributed by atoms with Crippen LogP contribution in [0.5, 0.6) is 0 Å². The van der Waals surface area contributed by atoms with Gasteiger partial charge in [-0.3, -0.25) is 0 Å². The summed E-state index contributed by atoms with van der Waals surface area (Å²) in [5.41, 5.74) is 10.3. The van der Waals surface area contributed by atoms with E-state index < -0.39 is 0 Å². The van der Waals surface area contributed by atoms with Crippen molar-refractivity contribution >= 4 is 50.5 Å². The van der Waals surface area contributed by atoms with Gasteiger partial charge in [0.05, 0.1) is 0 Å². The largest absolute Gasteiger partial charge is 1.00 e. The molecule has 312 valence electrons. The maximum Gasteiger partial charge on any atom is 0.163 e. The monoisotopic (exact) mass is 880 g/mol. The predicted molar refractivity (Wildman–Crippen MR) is 260 cm³/mol. The molecule has 0 heterocycles. The van der Waals surface area contributed by atoms with E-state index in [0.717, 1.165) is 0 Å². The van der Waals surface area contributed by atoms with Gasteiger partial charge in [-0.25, -0.2) is 0 Å². The van der Waals surface area contributed by atoms with Crippen LogP contribution in [-0.2, 0) is 50.5 Å². The van der Waals surface area contributed by atoms with Crippen molar-refractivity contribution in [3.63, 3.8) is 0 Å². The molecule has 0 aliphatic heterocycles. The summed E-state index contributed by atoms with van der Waals surface area (Å²) < 4.78 is 0. The Balaban J connectivity index is 0.000000391. The van der Waals surface area contributed by atoms with Crippen molar-refractivity contribution in [2.75, 3.05) is 0 Å². The van der Waals surface area contributed by atoms with Crippen molar-refractivity contribution in [2.24, 2.45) is 0 Å². The van der Waals surface area contributed by atoms with Crippen molar-refractivity contribution in [3.05, 3.63) is 287 Å². The van der Waals surface area contributed by atoms with Gasteiger partial charge in [-0.15, -0.1) is 0 Å². The zero-order valence-electron chi connectivity index (χ0n) is 32.9. The van der Waals surface area contributed by atoms with Crippen LogP contribution < -0.4 is 18.8 Å². The lowest BCUT2D eigenvalue weighted by atomic mass is 10.0. The summed E-state index contributed by atoms with van der Waals surface area (Å²) in [5, 5.41) is 1.16. The molecule has 0 aliphatic rings. The van der Waals surface area contributed by atoms with Crippen molar-refractivity contribution in [1.82, 2.24) is 0 Å². The molecule has 0 fully saturated rings. The molecule has 0 nitrogen and oxygen atoms in total. The summed E-state index contributed by atoms with van der Waals surface area (Å²) in [4.78, 5) is 0. The Bertz CT molecular complexity index is 1710. The Labute approximate surface area is 375 Å². The van der Waals surface area contributed by atoms with Crippen LogP contribution in [0.15, 0.2) is 243 Å². The van der Waals surface area contributed by atoms with Crippen LogP contribution in [0.2, 0.25) is 0 Å². The van der Waals surface area contributed by atoms with E-state index in [9.17, 15) is 0 Å². The molecule has 8 aromatic rings. The maximum absolute atomic E-state index is 3.75. The number of rotatable bonds is 8. The van der Waals surface area contributed by atoms with Gasteiger partial charge >= 0.3 is 0 Å². The topological polar surface area (TPSA) is 0 Å². The average Bonchev–Trinajstić information content (AvgIpc) is 3.31. The lowest BCUT2D eigenvalue weighted by Crippen LogP contribution is -3.00. The maximum atomic E-state index is 3.75. The summed E-state index contributed by atoms with van der Waals surface area (Å²) in [6.45, 7) is 0. The minimum Gasteiger partial charge on any atom is -1.00 e. The third kappa shape index (κ3) is 17.2. The Morgan fingerprint density at radius 2 is 0.250 bits per heavy atom. The van der Waals surface area contributed by atoms with Crippen molar-refractivity contribution in [1.29, 1.82) is 0 Å². The molecule has 0 amide bonds. The van der Waals surface area contributed by atoms with Crippen LogP contribution in [-0.4, -0.2) is 0 Å². The van der Waals surface area contributed by atoms with Crippen LogP contribution in [0.25, 0.3) is 0 Å². The molecule has 0 unspecified atom stereocenters. The molecule has 0 aromatic heterocycles. The van der Waals surface area contributed by atoms with Crippen molar-refractivity contribution < 1.29 is 18.8 Å². The lowest BCUT2D eigenvalue weighted by molar-refractivity contribution is -0.00100. The number of halogens is 4. The molecule has 8 rings (SSSR count). The minimum absolute atomic E-state index is 0. The third-order valence-corrected chi connectivity index (χ3v) is 11.7. The van der Waals surface area contributed by atoms with E-state index in [1.54, 1.807) is 0 Å². The van der Waals surface area contributed by atoms with Gasteiger partial charge in [0.1, 0.15) is 0 Å². The summed E-state index contributed by atoms with van der Waals surface area (Å²) in [5.74, 6) is 0. The van der Waals surface area contributed by atoms with Crippen LogP contribution in [0, 0.1) is 0 Å². The summed E-state index contributed by atoms with van der Waals surface area (Å²) >= 11 is 15.0.